The smallest absolute Gasteiger partial charge is 0.226 e. The minimum Gasteiger partial charge on any atom is -0.444 e. The molecular formula is C20H23N5O. The number of anilines is 1. The molecule has 6 heteroatoms. The summed E-state index contributed by atoms with van der Waals surface area (Å²) >= 11 is 0. The molecule has 1 aliphatic heterocycles. The van der Waals surface area contributed by atoms with E-state index in [0.29, 0.717) is 18.5 Å². The van der Waals surface area contributed by atoms with Gasteiger partial charge < -0.3 is 14.6 Å². The number of aromatic nitrogens is 3. The molecule has 0 unspecified atom stereocenters. The first-order valence-corrected chi connectivity index (χ1v) is 9.05. The van der Waals surface area contributed by atoms with Gasteiger partial charge in [0.25, 0.3) is 0 Å². The molecule has 26 heavy (non-hydrogen) atoms. The van der Waals surface area contributed by atoms with Crippen molar-refractivity contribution in [2.24, 2.45) is 0 Å². The molecule has 0 amide bonds. The van der Waals surface area contributed by atoms with Crippen LogP contribution in [0.4, 0.5) is 5.82 Å². The van der Waals surface area contributed by atoms with Crippen molar-refractivity contribution in [3.63, 3.8) is 0 Å². The summed E-state index contributed by atoms with van der Waals surface area (Å²) in [7, 11) is 0. The molecule has 0 aliphatic carbocycles. The van der Waals surface area contributed by atoms with E-state index in [1.54, 1.807) is 12.5 Å². The van der Waals surface area contributed by atoms with Crippen LogP contribution in [0.3, 0.4) is 0 Å². The number of hydrogen-bond acceptors (Lipinski definition) is 6. The van der Waals surface area contributed by atoms with Crippen LogP contribution in [-0.2, 0) is 6.54 Å². The van der Waals surface area contributed by atoms with Crippen LogP contribution < -0.4 is 10.2 Å². The van der Waals surface area contributed by atoms with Crippen molar-refractivity contribution >= 4 is 5.82 Å². The Morgan fingerprint density at radius 2 is 2.12 bits per heavy atom. The normalized spacial score (nSPS) is 17.4. The summed E-state index contributed by atoms with van der Waals surface area (Å²) in [6.45, 7) is 4.73. The third-order valence-electron chi connectivity index (χ3n) is 4.73. The predicted octanol–water partition coefficient (Wildman–Crippen LogP) is 3.20. The molecule has 134 valence electrons. The van der Waals surface area contributed by atoms with Gasteiger partial charge in [-0.3, -0.25) is 0 Å². The molecule has 0 bridgehead atoms. The lowest BCUT2D eigenvalue weighted by atomic mass is 10.1. The Balaban J connectivity index is 1.35. The van der Waals surface area contributed by atoms with Gasteiger partial charge in [-0.25, -0.2) is 4.98 Å². The molecule has 3 heterocycles. The number of hydrogen-bond donors (Lipinski definition) is 1. The maximum atomic E-state index is 5.64. The first-order valence-electron chi connectivity index (χ1n) is 9.05. The molecule has 6 nitrogen and oxygen atoms in total. The second-order valence-corrected chi connectivity index (χ2v) is 6.76. The average Bonchev–Trinajstić information content (AvgIpc) is 3.17. The summed E-state index contributed by atoms with van der Waals surface area (Å²) in [6.07, 6.45) is 5.74. The number of oxazole rings is 1. The van der Waals surface area contributed by atoms with Crippen LogP contribution in [-0.4, -0.2) is 34.3 Å². The lowest BCUT2D eigenvalue weighted by molar-refractivity contribution is 0.417. The van der Waals surface area contributed by atoms with E-state index in [9.17, 15) is 0 Å². The number of nitrogens with one attached hydrogen (secondary N) is 1. The fourth-order valence-electron chi connectivity index (χ4n) is 3.28. The van der Waals surface area contributed by atoms with Crippen molar-refractivity contribution in [2.45, 2.75) is 32.4 Å². The SMILES string of the molecule is Cc1ccc(-c2nc(CN[C@H]3CCCN(c4cccnn4)C3)co2)cc1. The van der Waals surface area contributed by atoms with Gasteiger partial charge in [0.15, 0.2) is 5.82 Å². The molecule has 1 aliphatic rings. The van der Waals surface area contributed by atoms with Gasteiger partial charge in [0.2, 0.25) is 5.89 Å². The molecule has 3 aromatic rings. The second-order valence-electron chi connectivity index (χ2n) is 6.76. The van der Waals surface area contributed by atoms with E-state index in [1.807, 2.05) is 24.3 Å². The predicted molar refractivity (Wildman–Crippen MR) is 101 cm³/mol. The summed E-state index contributed by atoms with van der Waals surface area (Å²) in [5.74, 6) is 1.62. The Labute approximate surface area is 153 Å². The van der Waals surface area contributed by atoms with Crippen LogP contribution in [0.25, 0.3) is 11.5 Å². The number of nitrogens with zero attached hydrogens (tertiary/aromatic N) is 4. The van der Waals surface area contributed by atoms with Crippen LogP contribution >= 0.6 is 0 Å². The third kappa shape index (κ3) is 3.91. The van der Waals surface area contributed by atoms with Gasteiger partial charge in [-0.05, 0) is 44.0 Å². The maximum Gasteiger partial charge on any atom is 0.226 e. The third-order valence-corrected chi connectivity index (χ3v) is 4.73. The Morgan fingerprint density at radius 1 is 1.23 bits per heavy atom. The number of benzene rings is 1. The molecule has 1 N–H and O–H groups in total. The van der Waals surface area contributed by atoms with E-state index in [2.05, 4.69) is 44.5 Å². The maximum absolute atomic E-state index is 5.64. The van der Waals surface area contributed by atoms with Gasteiger partial charge in [0.05, 0.1) is 5.69 Å². The number of aryl methyl sites for hydroxylation is 1. The lowest BCUT2D eigenvalue weighted by Gasteiger charge is -2.33. The van der Waals surface area contributed by atoms with Crippen molar-refractivity contribution in [3.05, 3.63) is 60.1 Å². The molecule has 1 aromatic carbocycles. The van der Waals surface area contributed by atoms with Crippen molar-refractivity contribution < 1.29 is 4.42 Å². The zero-order valence-corrected chi connectivity index (χ0v) is 14.9. The van der Waals surface area contributed by atoms with Gasteiger partial charge in [-0.2, -0.15) is 5.10 Å². The molecule has 2 aromatic heterocycles. The summed E-state index contributed by atoms with van der Waals surface area (Å²) in [5, 5.41) is 11.8. The summed E-state index contributed by atoms with van der Waals surface area (Å²) in [5.41, 5.74) is 3.16. The Bertz CT molecular complexity index is 831. The van der Waals surface area contributed by atoms with Gasteiger partial charge >= 0.3 is 0 Å². The molecule has 0 saturated carbocycles. The van der Waals surface area contributed by atoms with E-state index in [-0.39, 0.29) is 0 Å². The van der Waals surface area contributed by atoms with Gasteiger partial charge in [-0.15, -0.1) is 5.10 Å². The molecule has 1 atom stereocenters. The van der Waals surface area contributed by atoms with Gasteiger partial charge in [-0.1, -0.05) is 17.7 Å². The quantitative estimate of drug-likeness (QED) is 0.763. The van der Waals surface area contributed by atoms with Gasteiger partial charge in [0.1, 0.15) is 6.26 Å². The Hall–Kier alpha value is -2.73. The monoisotopic (exact) mass is 349 g/mol. The molecule has 0 radical (unpaired) electrons. The summed E-state index contributed by atoms with van der Waals surface area (Å²) in [6, 6.07) is 12.6. The van der Waals surface area contributed by atoms with E-state index in [1.165, 1.54) is 5.56 Å². The topological polar surface area (TPSA) is 67.1 Å². The van der Waals surface area contributed by atoms with E-state index >= 15 is 0 Å². The van der Waals surface area contributed by atoms with Crippen molar-refractivity contribution in [1.29, 1.82) is 0 Å². The molecular weight excluding hydrogens is 326 g/mol. The van der Waals surface area contributed by atoms with Crippen LogP contribution in [0.5, 0.6) is 0 Å². The Kier molecular flexibility index (Phi) is 4.93. The van der Waals surface area contributed by atoms with Gasteiger partial charge in [0, 0.05) is 37.4 Å². The fourth-order valence-corrected chi connectivity index (χ4v) is 3.28. The molecule has 1 fully saturated rings. The van der Waals surface area contributed by atoms with Crippen LogP contribution in [0.15, 0.2) is 53.3 Å². The summed E-state index contributed by atoms with van der Waals surface area (Å²) < 4.78 is 5.64. The highest BCUT2D eigenvalue weighted by Gasteiger charge is 2.21. The van der Waals surface area contributed by atoms with E-state index in [4.69, 9.17) is 4.42 Å². The fraction of sp³-hybridized carbons (Fsp3) is 0.350. The van der Waals surface area contributed by atoms with Crippen LogP contribution in [0, 0.1) is 6.92 Å². The highest BCUT2D eigenvalue weighted by atomic mass is 16.3. The van der Waals surface area contributed by atoms with Crippen molar-refractivity contribution in [2.75, 3.05) is 18.0 Å². The number of rotatable bonds is 5. The van der Waals surface area contributed by atoms with Crippen LogP contribution in [0.2, 0.25) is 0 Å². The number of piperidine rings is 1. The first kappa shape index (κ1) is 16.7. The second kappa shape index (κ2) is 7.66. The highest BCUT2D eigenvalue weighted by molar-refractivity contribution is 5.53. The Morgan fingerprint density at radius 3 is 2.92 bits per heavy atom. The van der Waals surface area contributed by atoms with Crippen molar-refractivity contribution in [1.82, 2.24) is 20.5 Å². The highest BCUT2D eigenvalue weighted by Crippen LogP contribution is 2.20. The van der Waals surface area contributed by atoms with Crippen molar-refractivity contribution in [3.8, 4) is 11.5 Å². The minimum absolute atomic E-state index is 0.408. The molecule has 0 spiro atoms. The van der Waals surface area contributed by atoms with Crippen LogP contribution in [0.1, 0.15) is 24.1 Å². The zero-order chi connectivity index (χ0) is 17.8. The average molecular weight is 349 g/mol. The van der Waals surface area contributed by atoms with E-state index in [0.717, 1.165) is 43.0 Å². The molecule has 4 rings (SSSR count). The minimum atomic E-state index is 0.408. The largest absolute Gasteiger partial charge is 0.444 e. The lowest BCUT2D eigenvalue weighted by Crippen LogP contribution is -2.45. The first-order chi connectivity index (χ1) is 12.8. The zero-order valence-electron chi connectivity index (χ0n) is 14.9. The molecule has 1 saturated heterocycles. The van der Waals surface area contributed by atoms with E-state index < -0.39 is 0 Å². The standard InChI is InChI=1S/C20H23N5O/c1-15-6-8-16(9-7-15)20-23-18(14-26-20)12-21-17-4-3-11-25(13-17)19-5-2-10-22-24-19/h2,5-10,14,17,21H,3-4,11-13H2,1H3/t17-/m0/s1. The summed E-state index contributed by atoms with van der Waals surface area (Å²) in [4.78, 5) is 6.89.